The highest BCUT2D eigenvalue weighted by molar-refractivity contribution is 6.31. The van der Waals surface area contributed by atoms with Gasteiger partial charge in [-0.05, 0) is 54.8 Å². The molecule has 7 heteroatoms. The summed E-state index contributed by atoms with van der Waals surface area (Å²) in [6.45, 7) is 3.63. The van der Waals surface area contributed by atoms with Crippen LogP contribution in [0.25, 0.3) is 27.8 Å². The molecule has 5 rings (SSSR count). The summed E-state index contributed by atoms with van der Waals surface area (Å²) in [7, 11) is 0. The molecule has 0 aliphatic heterocycles. The number of nitrogens with one attached hydrogen (secondary N) is 1. The maximum Gasteiger partial charge on any atom is 0.262 e. The minimum absolute atomic E-state index is 0.197. The number of anilines is 1. The second kappa shape index (κ2) is 9.60. The lowest BCUT2D eigenvalue weighted by atomic mass is 10.0. The van der Waals surface area contributed by atoms with Gasteiger partial charge in [0.2, 0.25) is 5.88 Å². The van der Waals surface area contributed by atoms with Gasteiger partial charge >= 0.3 is 0 Å². The normalized spacial score (nSPS) is 10.9. The summed E-state index contributed by atoms with van der Waals surface area (Å²) in [6.07, 6.45) is 0. The Morgan fingerprint density at radius 1 is 0.971 bits per heavy atom. The highest BCUT2D eigenvalue weighted by Gasteiger charge is 2.18. The number of aromatic nitrogens is 3. The van der Waals surface area contributed by atoms with Crippen molar-refractivity contribution in [3.8, 4) is 22.7 Å². The Balaban J connectivity index is 1.52. The molecular formula is C28H23ClN4O2. The Morgan fingerprint density at radius 3 is 2.43 bits per heavy atom. The molecule has 0 atom stereocenters. The molecule has 1 amide bonds. The van der Waals surface area contributed by atoms with Crippen LogP contribution in [-0.2, 0) is 4.79 Å². The number of aryl methyl sites for hydroxylation is 1. The fourth-order valence-electron chi connectivity index (χ4n) is 4.00. The van der Waals surface area contributed by atoms with E-state index in [1.54, 1.807) is 22.9 Å². The van der Waals surface area contributed by atoms with E-state index in [9.17, 15) is 4.79 Å². The quantitative estimate of drug-likeness (QED) is 0.305. The van der Waals surface area contributed by atoms with Gasteiger partial charge in [0.25, 0.3) is 5.91 Å². The van der Waals surface area contributed by atoms with Gasteiger partial charge in [0.15, 0.2) is 12.3 Å². The number of amides is 1. The third-order valence-corrected chi connectivity index (χ3v) is 6.18. The minimum atomic E-state index is -0.300. The number of fused-ring (bicyclic) bond motifs is 1. The molecule has 0 spiro atoms. The van der Waals surface area contributed by atoms with E-state index in [-0.39, 0.29) is 12.5 Å². The van der Waals surface area contributed by atoms with Gasteiger partial charge in [0, 0.05) is 16.8 Å². The topological polar surface area (TPSA) is 69.0 Å². The second-order valence-corrected chi connectivity index (χ2v) is 8.56. The molecule has 174 valence electrons. The zero-order chi connectivity index (χ0) is 24.4. The van der Waals surface area contributed by atoms with Crippen LogP contribution in [0.15, 0.2) is 84.9 Å². The van der Waals surface area contributed by atoms with Crippen LogP contribution in [0.4, 0.5) is 5.69 Å². The van der Waals surface area contributed by atoms with Crippen molar-refractivity contribution in [2.75, 3.05) is 11.9 Å². The van der Waals surface area contributed by atoms with Gasteiger partial charge in [-0.25, -0.2) is 4.68 Å². The van der Waals surface area contributed by atoms with Gasteiger partial charge in [-0.15, -0.1) is 0 Å². The largest absolute Gasteiger partial charge is 0.467 e. The van der Waals surface area contributed by atoms with Crippen LogP contribution < -0.4 is 10.1 Å². The molecule has 2 heterocycles. The summed E-state index contributed by atoms with van der Waals surface area (Å²) in [4.78, 5) is 17.4. The van der Waals surface area contributed by atoms with Crippen LogP contribution in [0, 0.1) is 13.8 Å². The van der Waals surface area contributed by atoms with Gasteiger partial charge < -0.3 is 10.1 Å². The summed E-state index contributed by atoms with van der Waals surface area (Å²) >= 11 is 6.17. The number of carbonyl (C=O) groups is 1. The van der Waals surface area contributed by atoms with Crippen molar-refractivity contribution in [2.45, 2.75) is 13.8 Å². The molecule has 0 aliphatic carbocycles. The summed E-state index contributed by atoms with van der Waals surface area (Å²) in [5.41, 5.74) is 5.82. The van der Waals surface area contributed by atoms with Gasteiger partial charge in [-0.3, -0.25) is 4.79 Å². The molecule has 0 fully saturated rings. The molecule has 1 N–H and O–H groups in total. The first-order chi connectivity index (χ1) is 17.0. The zero-order valence-corrected chi connectivity index (χ0v) is 20.1. The maximum absolute atomic E-state index is 12.6. The number of pyridine rings is 1. The van der Waals surface area contributed by atoms with Crippen molar-refractivity contribution < 1.29 is 9.53 Å². The Labute approximate surface area is 208 Å². The van der Waals surface area contributed by atoms with Gasteiger partial charge in [-0.2, -0.15) is 10.1 Å². The molecule has 0 bridgehead atoms. The molecular weight excluding hydrogens is 460 g/mol. The third kappa shape index (κ3) is 4.61. The van der Waals surface area contributed by atoms with E-state index in [1.807, 2.05) is 80.6 Å². The van der Waals surface area contributed by atoms with E-state index in [2.05, 4.69) is 5.32 Å². The van der Waals surface area contributed by atoms with Crippen LogP contribution in [0.2, 0.25) is 5.02 Å². The lowest BCUT2D eigenvalue weighted by Gasteiger charge is -2.12. The highest BCUT2D eigenvalue weighted by Crippen LogP contribution is 2.34. The van der Waals surface area contributed by atoms with E-state index in [0.717, 1.165) is 33.5 Å². The van der Waals surface area contributed by atoms with Crippen LogP contribution in [-0.4, -0.2) is 27.3 Å². The number of hydrogen-bond acceptors (Lipinski definition) is 4. The van der Waals surface area contributed by atoms with Crippen molar-refractivity contribution in [2.24, 2.45) is 0 Å². The van der Waals surface area contributed by atoms with E-state index in [1.165, 1.54) is 0 Å². The number of nitrogens with zero attached hydrogens (tertiary/aromatic N) is 3. The molecule has 35 heavy (non-hydrogen) atoms. The van der Waals surface area contributed by atoms with E-state index >= 15 is 0 Å². The van der Waals surface area contributed by atoms with Gasteiger partial charge in [0.05, 0.1) is 16.8 Å². The first-order valence-electron chi connectivity index (χ1n) is 11.2. The Morgan fingerprint density at radius 2 is 1.69 bits per heavy atom. The predicted octanol–water partition coefficient (Wildman–Crippen LogP) is 6.38. The number of halogens is 1. The van der Waals surface area contributed by atoms with Gasteiger partial charge in [0.1, 0.15) is 0 Å². The van der Waals surface area contributed by atoms with Gasteiger partial charge in [-0.1, -0.05) is 66.2 Å². The number of ether oxygens (including phenoxy) is 1. The average Bonchev–Trinajstić information content (AvgIpc) is 3.22. The molecule has 0 saturated carbocycles. The van der Waals surface area contributed by atoms with Crippen molar-refractivity contribution >= 4 is 34.2 Å². The number of benzene rings is 3. The smallest absolute Gasteiger partial charge is 0.262 e. The molecule has 0 radical (unpaired) electrons. The average molecular weight is 483 g/mol. The molecule has 2 aromatic heterocycles. The van der Waals surface area contributed by atoms with E-state index < -0.39 is 0 Å². The Bertz CT molecular complexity index is 1520. The van der Waals surface area contributed by atoms with E-state index in [4.69, 9.17) is 26.4 Å². The Hall–Kier alpha value is -4.16. The maximum atomic E-state index is 12.6. The standard InChI is InChI=1S/C28H23ClN4O2/c1-18-23(29)14-9-15-24(18)30-25(34)17-35-26-16-22(20-10-5-3-6-11-20)27-19(2)32-33(28(27)31-26)21-12-7-4-8-13-21/h3-16H,17H2,1-2H3,(H,30,34). The summed E-state index contributed by atoms with van der Waals surface area (Å²) in [5, 5.41) is 9.14. The molecule has 0 saturated heterocycles. The first kappa shape index (κ1) is 22.6. The molecule has 0 aliphatic rings. The zero-order valence-electron chi connectivity index (χ0n) is 19.3. The SMILES string of the molecule is Cc1c(Cl)cccc1NC(=O)COc1cc(-c2ccccc2)c2c(C)nn(-c3ccccc3)c2n1. The Kier molecular flexibility index (Phi) is 6.21. The summed E-state index contributed by atoms with van der Waals surface area (Å²) in [6, 6.07) is 27.1. The van der Waals surface area contributed by atoms with Crippen LogP contribution >= 0.6 is 11.6 Å². The summed E-state index contributed by atoms with van der Waals surface area (Å²) in [5.74, 6) is 0.0395. The number of rotatable bonds is 6. The van der Waals surface area contributed by atoms with Crippen LogP contribution in [0.1, 0.15) is 11.3 Å². The predicted molar refractivity (Wildman–Crippen MR) is 139 cm³/mol. The van der Waals surface area contributed by atoms with E-state index in [0.29, 0.717) is 22.2 Å². The first-order valence-corrected chi connectivity index (χ1v) is 11.6. The molecule has 6 nitrogen and oxygen atoms in total. The van der Waals surface area contributed by atoms with Crippen LogP contribution in [0.3, 0.4) is 0 Å². The fraction of sp³-hybridized carbons (Fsp3) is 0.107. The molecule has 5 aromatic rings. The monoisotopic (exact) mass is 482 g/mol. The number of hydrogen-bond donors (Lipinski definition) is 1. The van der Waals surface area contributed by atoms with Crippen molar-refractivity contribution in [3.05, 3.63) is 101 Å². The van der Waals surface area contributed by atoms with Crippen molar-refractivity contribution in [1.29, 1.82) is 0 Å². The van der Waals surface area contributed by atoms with Crippen molar-refractivity contribution in [3.63, 3.8) is 0 Å². The number of carbonyl (C=O) groups excluding carboxylic acids is 1. The molecule has 3 aromatic carbocycles. The highest BCUT2D eigenvalue weighted by atomic mass is 35.5. The molecule has 0 unspecified atom stereocenters. The lowest BCUT2D eigenvalue weighted by molar-refractivity contribution is -0.118. The van der Waals surface area contributed by atoms with Crippen molar-refractivity contribution in [1.82, 2.24) is 14.8 Å². The number of para-hydroxylation sites is 1. The summed E-state index contributed by atoms with van der Waals surface area (Å²) < 4.78 is 7.69. The van der Waals surface area contributed by atoms with Crippen LogP contribution in [0.5, 0.6) is 5.88 Å². The fourth-order valence-corrected chi connectivity index (χ4v) is 4.18. The second-order valence-electron chi connectivity index (χ2n) is 8.15. The minimum Gasteiger partial charge on any atom is -0.467 e. The lowest BCUT2D eigenvalue weighted by Crippen LogP contribution is -2.21. The third-order valence-electron chi connectivity index (χ3n) is 5.77.